The van der Waals surface area contributed by atoms with Crippen LogP contribution in [-0.2, 0) is 16.2 Å². The van der Waals surface area contributed by atoms with E-state index >= 15 is 0 Å². The van der Waals surface area contributed by atoms with E-state index in [1.165, 1.54) is 149 Å². The molecule has 0 unspecified atom stereocenters. The van der Waals surface area contributed by atoms with Gasteiger partial charge >= 0.3 is 0 Å². The molecular formula is C72H51BN2S. The van der Waals surface area contributed by atoms with Crippen LogP contribution >= 0.6 is 11.3 Å². The van der Waals surface area contributed by atoms with Crippen molar-refractivity contribution in [2.75, 3.05) is 9.80 Å². The second kappa shape index (κ2) is 14.7. The Morgan fingerprint density at radius 1 is 0.395 bits per heavy atom. The number of hydrogen-bond donors (Lipinski definition) is 0. The molecule has 17 rings (SSSR count). The van der Waals surface area contributed by atoms with Gasteiger partial charge in [-0.2, -0.15) is 0 Å². The third kappa shape index (κ3) is 5.10. The van der Waals surface area contributed by atoms with Gasteiger partial charge < -0.3 is 9.80 Å². The first-order valence-corrected chi connectivity index (χ1v) is 27.8. The molecular weight excluding hydrogens is 936 g/mol. The Balaban J connectivity index is 1.03. The topological polar surface area (TPSA) is 6.48 Å². The SMILES string of the molecule is Cc1ccc(N2c3cc(C)cc4c3B(c3cc5c(cc3N4c3ccccc3)C3(c4ccccc4-c4ccccc43)c3ccccc3-5)c3sc4c(c32)-c2ccc(C(C)(C)C)cc2C42c3ccccc3-c3ccccc32)cc1. The highest BCUT2D eigenvalue weighted by atomic mass is 32.1. The Morgan fingerprint density at radius 2 is 0.882 bits per heavy atom. The molecule has 11 aromatic rings. The molecule has 0 bridgehead atoms. The monoisotopic (exact) mass is 986 g/mol. The molecule has 358 valence electrons. The molecule has 10 aromatic carbocycles. The van der Waals surface area contributed by atoms with Gasteiger partial charge in [-0.25, -0.2) is 0 Å². The minimum Gasteiger partial charge on any atom is -0.311 e. The van der Waals surface area contributed by atoms with Gasteiger partial charge in [-0.15, -0.1) is 11.3 Å². The van der Waals surface area contributed by atoms with Crippen LogP contribution in [0.15, 0.2) is 218 Å². The van der Waals surface area contributed by atoms with E-state index in [4.69, 9.17) is 0 Å². The van der Waals surface area contributed by atoms with Crippen molar-refractivity contribution >= 4 is 67.9 Å². The van der Waals surface area contributed by atoms with E-state index in [9.17, 15) is 0 Å². The quantitative estimate of drug-likeness (QED) is 0.159. The van der Waals surface area contributed by atoms with Crippen LogP contribution in [0.4, 0.5) is 34.1 Å². The highest BCUT2D eigenvalue weighted by Gasteiger charge is 2.58. The standard InChI is InChI=1S/C72H51BN2S/c1-42-31-34-46(35-32-42)75-64-38-43(2)37-63-66(64)73(69-67(75)65-52-36-33-44(70(3,4)5)39-59(52)72(68(65)76-69)57-29-17-11-23-49(57)50-24-12-18-30-58(50)72)61-40-53-51-25-13-16-28-56(51)71(60(53)41-62(61)74(63)45-19-7-6-8-20-45)54-26-14-9-21-47(54)48-22-10-15-27-55(48)71/h6-41H,1-5H3. The first kappa shape index (κ1) is 42.9. The Hall–Kier alpha value is -8.44. The lowest BCUT2D eigenvalue weighted by Gasteiger charge is -2.44. The lowest BCUT2D eigenvalue weighted by atomic mass is 9.36. The van der Waals surface area contributed by atoms with Gasteiger partial charge in [0.05, 0.1) is 16.5 Å². The molecule has 3 heterocycles. The molecule has 0 N–H and O–H groups in total. The number of rotatable bonds is 2. The van der Waals surface area contributed by atoms with Gasteiger partial charge in [-0.05, 0) is 162 Å². The van der Waals surface area contributed by atoms with E-state index in [1.54, 1.807) is 0 Å². The predicted molar refractivity (Wildman–Crippen MR) is 319 cm³/mol. The van der Waals surface area contributed by atoms with Crippen LogP contribution in [0, 0.1) is 13.8 Å². The van der Waals surface area contributed by atoms with Crippen molar-refractivity contribution < 1.29 is 0 Å². The van der Waals surface area contributed by atoms with Crippen LogP contribution in [0.5, 0.6) is 0 Å². The van der Waals surface area contributed by atoms with Gasteiger partial charge in [0.2, 0.25) is 0 Å². The minimum absolute atomic E-state index is 0.0410. The summed E-state index contributed by atoms with van der Waals surface area (Å²) in [5.74, 6) is 0. The van der Waals surface area contributed by atoms with Gasteiger partial charge in [0, 0.05) is 43.7 Å². The van der Waals surface area contributed by atoms with Crippen molar-refractivity contribution in [2.24, 2.45) is 0 Å². The zero-order valence-corrected chi connectivity index (χ0v) is 44.0. The van der Waals surface area contributed by atoms with E-state index in [0.29, 0.717) is 0 Å². The summed E-state index contributed by atoms with van der Waals surface area (Å²) in [4.78, 5) is 6.73. The van der Waals surface area contributed by atoms with Crippen LogP contribution in [0.2, 0.25) is 0 Å². The molecule has 0 fully saturated rings. The third-order valence-electron chi connectivity index (χ3n) is 18.3. The lowest BCUT2D eigenvalue weighted by molar-refractivity contribution is 0.588. The predicted octanol–water partition coefficient (Wildman–Crippen LogP) is 16.4. The van der Waals surface area contributed by atoms with Gasteiger partial charge in [0.15, 0.2) is 0 Å². The van der Waals surface area contributed by atoms with Crippen molar-refractivity contribution in [1.82, 2.24) is 0 Å². The number of anilines is 6. The Labute approximate surface area is 449 Å². The zero-order valence-electron chi connectivity index (χ0n) is 43.2. The van der Waals surface area contributed by atoms with Crippen LogP contribution in [0.3, 0.4) is 0 Å². The first-order valence-electron chi connectivity index (χ1n) is 27.0. The van der Waals surface area contributed by atoms with E-state index in [2.05, 4.69) is 274 Å². The molecule has 0 saturated heterocycles. The number of thiophene rings is 1. The molecule has 0 saturated carbocycles. The number of fused-ring (bicyclic) bond motifs is 25. The fraction of sp³-hybridized carbons (Fsp3) is 0.111. The van der Waals surface area contributed by atoms with Crippen molar-refractivity contribution in [2.45, 2.75) is 50.9 Å². The summed E-state index contributed by atoms with van der Waals surface area (Å²) in [6, 6.07) is 84.6. The summed E-state index contributed by atoms with van der Waals surface area (Å²) in [6.07, 6.45) is 0. The van der Waals surface area contributed by atoms with Crippen LogP contribution in [-0.4, -0.2) is 6.71 Å². The van der Waals surface area contributed by atoms with Crippen LogP contribution in [0.1, 0.15) is 81.3 Å². The average molecular weight is 987 g/mol. The van der Waals surface area contributed by atoms with Crippen molar-refractivity contribution in [3.63, 3.8) is 0 Å². The third-order valence-corrected chi connectivity index (χ3v) is 19.7. The maximum absolute atomic E-state index is 2.68. The molecule has 0 atom stereocenters. The van der Waals surface area contributed by atoms with E-state index in [1.807, 2.05) is 0 Å². The summed E-state index contributed by atoms with van der Waals surface area (Å²) in [6.45, 7) is 11.5. The highest BCUT2D eigenvalue weighted by molar-refractivity contribution is 7.30. The fourth-order valence-electron chi connectivity index (χ4n) is 15.3. The van der Waals surface area contributed by atoms with E-state index in [0.717, 1.165) is 5.69 Å². The molecule has 2 spiro atoms. The molecule has 2 aliphatic heterocycles. The normalized spacial score (nSPS) is 15.3. The largest absolute Gasteiger partial charge is 0.311 e. The smallest absolute Gasteiger partial charge is 0.264 e. The lowest BCUT2D eigenvalue weighted by Crippen LogP contribution is -2.60. The second-order valence-corrected chi connectivity index (χ2v) is 24.3. The van der Waals surface area contributed by atoms with E-state index in [-0.39, 0.29) is 12.1 Å². The molecule has 4 aliphatic carbocycles. The maximum atomic E-state index is 2.68. The summed E-state index contributed by atoms with van der Waals surface area (Å²) in [7, 11) is 0. The Morgan fingerprint density at radius 3 is 1.45 bits per heavy atom. The number of nitrogens with zero attached hydrogens (tertiary/aromatic N) is 2. The van der Waals surface area contributed by atoms with Crippen molar-refractivity contribution in [3.8, 4) is 44.5 Å². The fourth-order valence-corrected chi connectivity index (χ4v) is 17.0. The molecule has 2 nitrogen and oxygen atoms in total. The van der Waals surface area contributed by atoms with Crippen LogP contribution < -0.4 is 25.5 Å². The van der Waals surface area contributed by atoms with E-state index < -0.39 is 10.8 Å². The molecule has 6 aliphatic rings. The van der Waals surface area contributed by atoms with Gasteiger partial charge in [-0.1, -0.05) is 202 Å². The summed E-state index contributed by atoms with van der Waals surface area (Å²) in [5.41, 5.74) is 33.2. The number of hydrogen-bond acceptors (Lipinski definition) is 3. The Kier molecular flexibility index (Phi) is 8.29. The highest BCUT2D eigenvalue weighted by Crippen LogP contribution is 2.68. The van der Waals surface area contributed by atoms with Crippen molar-refractivity contribution in [3.05, 3.63) is 279 Å². The molecule has 0 radical (unpaired) electrons. The second-order valence-electron chi connectivity index (χ2n) is 23.2. The van der Waals surface area contributed by atoms with Gasteiger partial charge in [0.1, 0.15) is 0 Å². The number of aryl methyl sites for hydroxylation is 2. The zero-order chi connectivity index (χ0) is 50.6. The summed E-state index contributed by atoms with van der Waals surface area (Å²) in [5, 5.41) is 0. The Bertz CT molecular complexity index is 4290. The van der Waals surface area contributed by atoms with Crippen molar-refractivity contribution in [1.29, 1.82) is 0 Å². The molecule has 76 heavy (non-hydrogen) atoms. The van der Waals surface area contributed by atoms with Gasteiger partial charge in [0.25, 0.3) is 6.71 Å². The number of para-hydroxylation sites is 1. The molecule has 4 heteroatoms. The van der Waals surface area contributed by atoms with Gasteiger partial charge in [-0.3, -0.25) is 0 Å². The van der Waals surface area contributed by atoms with Crippen LogP contribution in [0.25, 0.3) is 44.5 Å². The molecule has 1 aromatic heterocycles. The maximum Gasteiger partial charge on any atom is 0.264 e. The minimum atomic E-state index is -0.509. The average Bonchev–Trinajstić information content (AvgIpc) is 4.04. The summed E-state index contributed by atoms with van der Waals surface area (Å²) >= 11 is 2.08. The molecule has 0 amide bonds. The first-order chi connectivity index (χ1) is 37.2. The summed E-state index contributed by atoms with van der Waals surface area (Å²) < 4.78 is 1.40. The number of benzene rings is 10.